The maximum Gasteiger partial charge on any atom is 0.0445 e. The van der Waals surface area contributed by atoms with E-state index in [0.717, 1.165) is 13.0 Å². The van der Waals surface area contributed by atoms with Gasteiger partial charge < -0.3 is 10.4 Å². The summed E-state index contributed by atoms with van der Waals surface area (Å²) in [4.78, 5) is 4.12. The van der Waals surface area contributed by atoms with E-state index in [1.54, 1.807) is 0 Å². The summed E-state index contributed by atoms with van der Waals surface area (Å²) < 4.78 is 0. The van der Waals surface area contributed by atoms with Gasteiger partial charge in [0.1, 0.15) is 0 Å². The molecule has 1 rings (SSSR count). The van der Waals surface area contributed by atoms with Crippen LogP contribution in [0.15, 0.2) is 18.5 Å². The number of pyridine rings is 1. The average molecular weight is 194 g/mol. The molecule has 0 bridgehead atoms. The fourth-order valence-corrected chi connectivity index (χ4v) is 1.30. The zero-order chi connectivity index (χ0) is 10.4. The van der Waals surface area contributed by atoms with Crippen molar-refractivity contribution in [3.8, 4) is 0 Å². The van der Waals surface area contributed by atoms with Crippen LogP contribution in [0.1, 0.15) is 24.5 Å². The zero-order valence-corrected chi connectivity index (χ0v) is 8.83. The van der Waals surface area contributed by atoms with Gasteiger partial charge in [-0.3, -0.25) is 4.98 Å². The van der Waals surface area contributed by atoms with E-state index in [2.05, 4.69) is 23.3 Å². The third kappa shape index (κ3) is 3.85. The lowest BCUT2D eigenvalue weighted by Gasteiger charge is -2.12. The number of aryl methyl sites for hydroxylation is 1. The second-order valence-electron chi connectivity index (χ2n) is 3.66. The lowest BCUT2D eigenvalue weighted by atomic mass is 10.2. The molecule has 1 atom stereocenters. The van der Waals surface area contributed by atoms with Gasteiger partial charge >= 0.3 is 0 Å². The molecule has 0 radical (unpaired) electrons. The topological polar surface area (TPSA) is 45.2 Å². The third-order valence-corrected chi connectivity index (χ3v) is 2.15. The number of hydrogen-bond acceptors (Lipinski definition) is 3. The van der Waals surface area contributed by atoms with Gasteiger partial charge in [-0.15, -0.1) is 0 Å². The minimum absolute atomic E-state index is 0.236. The van der Waals surface area contributed by atoms with Crippen molar-refractivity contribution in [2.45, 2.75) is 32.9 Å². The predicted molar refractivity (Wildman–Crippen MR) is 57.0 cm³/mol. The van der Waals surface area contributed by atoms with E-state index in [1.807, 2.05) is 19.3 Å². The van der Waals surface area contributed by atoms with Gasteiger partial charge in [-0.25, -0.2) is 0 Å². The molecule has 3 nitrogen and oxygen atoms in total. The highest BCUT2D eigenvalue weighted by molar-refractivity contribution is 5.16. The second-order valence-corrected chi connectivity index (χ2v) is 3.66. The van der Waals surface area contributed by atoms with Crippen LogP contribution in [-0.2, 0) is 6.54 Å². The first kappa shape index (κ1) is 11.1. The first-order chi connectivity index (χ1) is 6.72. The lowest BCUT2D eigenvalue weighted by Crippen LogP contribution is -2.26. The highest BCUT2D eigenvalue weighted by Gasteiger charge is 2.00. The van der Waals surface area contributed by atoms with Crippen LogP contribution >= 0.6 is 0 Å². The molecule has 78 valence electrons. The number of nitrogens with zero attached hydrogens (tertiary/aromatic N) is 1. The number of aromatic nitrogens is 1. The Morgan fingerprint density at radius 2 is 2.29 bits per heavy atom. The Hall–Kier alpha value is -0.930. The quantitative estimate of drug-likeness (QED) is 0.741. The zero-order valence-electron chi connectivity index (χ0n) is 8.83. The van der Waals surface area contributed by atoms with E-state index in [4.69, 9.17) is 5.11 Å². The van der Waals surface area contributed by atoms with E-state index in [0.29, 0.717) is 6.04 Å². The number of nitrogens with one attached hydrogen (secondary N) is 1. The van der Waals surface area contributed by atoms with Gasteiger partial charge in [0, 0.05) is 31.6 Å². The molecule has 0 aliphatic heterocycles. The molecule has 0 saturated heterocycles. The highest BCUT2D eigenvalue weighted by atomic mass is 16.3. The van der Waals surface area contributed by atoms with E-state index in [1.165, 1.54) is 11.1 Å². The Balaban J connectivity index is 2.37. The van der Waals surface area contributed by atoms with Gasteiger partial charge in [-0.1, -0.05) is 6.07 Å². The molecule has 0 amide bonds. The fourth-order valence-electron chi connectivity index (χ4n) is 1.30. The van der Waals surface area contributed by atoms with Gasteiger partial charge in [-0.2, -0.15) is 0 Å². The maximum atomic E-state index is 8.73. The molecule has 2 N–H and O–H groups in total. The Labute approximate surface area is 85.2 Å². The van der Waals surface area contributed by atoms with Crippen LogP contribution < -0.4 is 5.32 Å². The summed E-state index contributed by atoms with van der Waals surface area (Å²) in [6, 6.07) is 2.46. The van der Waals surface area contributed by atoms with E-state index in [9.17, 15) is 0 Å². The smallest absolute Gasteiger partial charge is 0.0445 e. The summed E-state index contributed by atoms with van der Waals surface area (Å²) in [5.74, 6) is 0. The number of aliphatic hydroxyl groups excluding tert-OH is 1. The summed E-state index contributed by atoms with van der Waals surface area (Å²) in [5, 5.41) is 12.1. The van der Waals surface area contributed by atoms with Crippen molar-refractivity contribution in [1.29, 1.82) is 0 Å². The van der Waals surface area contributed by atoms with Crippen LogP contribution in [0, 0.1) is 6.92 Å². The Kier molecular flexibility index (Phi) is 4.56. The van der Waals surface area contributed by atoms with Gasteiger partial charge in [-0.05, 0) is 31.4 Å². The predicted octanol–water partition coefficient (Wildman–Crippen LogP) is 1.25. The molecule has 1 unspecified atom stereocenters. The molecule has 0 saturated carbocycles. The maximum absolute atomic E-state index is 8.73. The van der Waals surface area contributed by atoms with E-state index in [-0.39, 0.29) is 6.61 Å². The van der Waals surface area contributed by atoms with Crippen molar-refractivity contribution < 1.29 is 5.11 Å². The summed E-state index contributed by atoms with van der Waals surface area (Å²) in [6.07, 6.45) is 4.51. The van der Waals surface area contributed by atoms with Gasteiger partial charge in [0.2, 0.25) is 0 Å². The van der Waals surface area contributed by atoms with Crippen molar-refractivity contribution in [2.24, 2.45) is 0 Å². The average Bonchev–Trinajstić information content (AvgIpc) is 2.15. The van der Waals surface area contributed by atoms with Gasteiger partial charge in [0.05, 0.1) is 0 Å². The molecule has 3 heteroatoms. The molecule has 0 fully saturated rings. The highest BCUT2D eigenvalue weighted by Crippen LogP contribution is 2.01. The van der Waals surface area contributed by atoms with E-state index < -0.39 is 0 Å². The first-order valence-corrected chi connectivity index (χ1v) is 4.97. The molecule has 14 heavy (non-hydrogen) atoms. The molecular formula is C11H18N2O. The van der Waals surface area contributed by atoms with Gasteiger partial charge in [0.25, 0.3) is 0 Å². The molecule has 1 aromatic heterocycles. The van der Waals surface area contributed by atoms with Crippen molar-refractivity contribution in [1.82, 2.24) is 10.3 Å². The van der Waals surface area contributed by atoms with Crippen LogP contribution in [0.2, 0.25) is 0 Å². The molecule has 1 heterocycles. The normalized spacial score (nSPS) is 12.8. The number of aliphatic hydroxyl groups is 1. The summed E-state index contributed by atoms with van der Waals surface area (Å²) in [7, 11) is 0. The summed E-state index contributed by atoms with van der Waals surface area (Å²) in [6.45, 7) is 5.16. The number of hydrogen-bond donors (Lipinski definition) is 2. The molecule has 0 aromatic carbocycles. The van der Waals surface area contributed by atoms with Crippen LogP contribution in [0.25, 0.3) is 0 Å². The Morgan fingerprint density at radius 1 is 1.50 bits per heavy atom. The number of rotatable bonds is 5. The first-order valence-electron chi connectivity index (χ1n) is 4.97. The van der Waals surface area contributed by atoms with E-state index >= 15 is 0 Å². The molecule has 0 aliphatic rings. The van der Waals surface area contributed by atoms with Crippen molar-refractivity contribution in [2.75, 3.05) is 6.61 Å². The summed E-state index contributed by atoms with van der Waals surface area (Å²) >= 11 is 0. The van der Waals surface area contributed by atoms with Crippen LogP contribution in [0.3, 0.4) is 0 Å². The van der Waals surface area contributed by atoms with Crippen molar-refractivity contribution in [3.05, 3.63) is 29.6 Å². The minimum Gasteiger partial charge on any atom is -0.396 e. The second kappa shape index (κ2) is 5.73. The SMILES string of the molecule is Cc1cncc(CNC(C)CCO)c1. The molecule has 1 aromatic rings. The monoisotopic (exact) mass is 194 g/mol. The van der Waals surface area contributed by atoms with Crippen LogP contribution in [0.4, 0.5) is 0 Å². The summed E-state index contributed by atoms with van der Waals surface area (Å²) in [5.41, 5.74) is 2.37. The molecule has 0 spiro atoms. The van der Waals surface area contributed by atoms with Gasteiger partial charge in [0.15, 0.2) is 0 Å². The third-order valence-electron chi connectivity index (χ3n) is 2.15. The Morgan fingerprint density at radius 3 is 2.93 bits per heavy atom. The molecule has 0 aliphatic carbocycles. The largest absolute Gasteiger partial charge is 0.396 e. The fraction of sp³-hybridized carbons (Fsp3) is 0.545. The Bertz CT molecular complexity index is 276. The van der Waals surface area contributed by atoms with Crippen molar-refractivity contribution >= 4 is 0 Å². The lowest BCUT2D eigenvalue weighted by molar-refractivity contribution is 0.268. The minimum atomic E-state index is 0.236. The molecular weight excluding hydrogens is 176 g/mol. The standard InChI is InChI=1S/C11H18N2O/c1-9-5-11(7-12-6-9)8-13-10(2)3-4-14/h5-7,10,13-14H,3-4,8H2,1-2H3. The van der Waals surface area contributed by atoms with Crippen molar-refractivity contribution in [3.63, 3.8) is 0 Å². The van der Waals surface area contributed by atoms with Crippen LogP contribution in [0.5, 0.6) is 0 Å². The van der Waals surface area contributed by atoms with Crippen LogP contribution in [-0.4, -0.2) is 22.7 Å².